The first-order valence-electron chi connectivity index (χ1n) is 6.31. The van der Waals surface area contributed by atoms with Gasteiger partial charge in [0.05, 0.1) is 13.2 Å². The molecule has 1 aromatic heterocycles. The highest BCUT2D eigenvalue weighted by molar-refractivity contribution is 5.55. The third-order valence-corrected chi connectivity index (χ3v) is 2.76. The lowest BCUT2D eigenvalue weighted by Crippen LogP contribution is -2.29. The molecule has 0 saturated heterocycles. The topological polar surface area (TPSA) is 60.2 Å². The van der Waals surface area contributed by atoms with E-state index >= 15 is 0 Å². The van der Waals surface area contributed by atoms with E-state index in [0.717, 1.165) is 5.56 Å². The van der Waals surface area contributed by atoms with Gasteiger partial charge in [-0.1, -0.05) is 28.9 Å². The third kappa shape index (κ3) is 3.87. The molecule has 1 N–H and O–H groups in total. The molecule has 1 aromatic carbocycles. The van der Waals surface area contributed by atoms with E-state index in [9.17, 15) is 0 Å². The Hall–Kier alpha value is -1.72. The zero-order valence-corrected chi connectivity index (χ0v) is 11.5. The van der Waals surface area contributed by atoms with Crippen molar-refractivity contribution >= 4 is 0 Å². The maximum atomic E-state index is 5.22. The highest BCUT2D eigenvalue weighted by atomic mass is 16.5. The SMILES string of the molecule is COCC(C)NCc1nc(-c2cccc(C)c2)no1. The van der Waals surface area contributed by atoms with Crippen molar-refractivity contribution in [2.45, 2.75) is 26.4 Å². The van der Waals surface area contributed by atoms with Crippen molar-refractivity contribution in [3.05, 3.63) is 35.7 Å². The van der Waals surface area contributed by atoms with E-state index in [1.165, 1.54) is 5.56 Å². The van der Waals surface area contributed by atoms with Crippen molar-refractivity contribution in [2.24, 2.45) is 0 Å². The molecule has 0 aliphatic carbocycles. The van der Waals surface area contributed by atoms with Crippen molar-refractivity contribution in [3.63, 3.8) is 0 Å². The van der Waals surface area contributed by atoms with Crippen LogP contribution >= 0.6 is 0 Å². The van der Waals surface area contributed by atoms with Crippen LogP contribution in [0.2, 0.25) is 0 Å². The fourth-order valence-corrected chi connectivity index (χ4v) is 1.80. The third-order valence-electron chi connectivity index (χ3n) is 2.76. The van der Waals surface area contributed by atoms with E-state index in [0.29, 0.717) is 24.9 Å². The van der Waals surface area contributed by atoms with Crippen LogP contribution in [0.4, 0.5) is 0 Å². The van der Waals surface area contributed by atoms with E-state index < -0.39 is 0 Å². The zero-order chi connectivity index (χ0) is 13.7. The number of ether oxygens (including phenoxy) is 1. The summed E-state index contributed by atoms with van der Waals surface area (Å²) in [6.07, 6.45) is 0. The smallest absolute Gasteiger partial charge is 0.240 e. The van der Waals surface area contributed by atoms with Gasteiger partial charge in [0, 0.05) is 18.7 Å². The molecule has 1 unspecified atom stereocenters. The second kappa shape index (κ2) is 6.45. The lowest BCUT2D eigenvalue weighted by Gasteiger charge is -2.09. The number of aromatic nitrogens is 2. The summed E-state index contributed by atoms with van der Waals surface area (Å²) < 4.78 is 10.3. The molecule has 0 fully saturated rings. The standard InChI is InChI=1S/C14H19N3O2/c1-10-5-4-6-12(7-10)14-16-13(19-17-14)8-15-11(2)9-18-3/h4-7,11,15H,8-9H2,1-3H3. The van der Waals surface area contributed by atoms with Gasteiger partial charge in [0.2, 0.25) is 11.7 Å². The molecule has 0 saturated carbocycles. The molecule has 1 atom stereocenters. The Bertz CT molecular complexity index is 525. The normalized spacial score (nSPS) is 12.6. The van der Waals surface area contributed by atoms with E-state index in [-0.39, 0.29) is 6.04 Å². The van der Waals surface area contributed by atoms with Gasteiger partial charge in [-0.05, 0) is 19.9 Å². The minimum atomic E-state index is 0.249. The first-order valence-corrected chi connectivity index (χ1v) is 6.31. The molecule has 0 radical (unpaired) electrons. The van der Waals surface area contributed by atoms with Gasteiger partial charge in [-0.25, -0.2) is 0 Å². The summed E-state index contributed by atoms with van der Waals surface area (Å²) in [7, 11) is 1.68. The van der Waals surface area contributed by atoms with Gasteiger partial charge in [-0.2, -0.15) is 4.98 Å². The summed E-state index contributed by atoms with van der Waals surface area (Å²) in [6, 6.07) is 8.29. The molecule has 1 heterocycles. The second-order valence-electron chi connectivity index (χ2n) is 4.62. The van der Waals surface area contributed by atoms with Gasteiger partial charge in [0.1, 0.15) is 0 Å². The molecule has 5 nitrogen and oxygen atoms in total. The Kier molecular flexibility index (Phi) is 4.65. The molecular weight excluding hydrogens is 242 g/mol. The number of hydrogen-bond donors (Lipinski definition) is 1. The van der Waals surface area contributed by atoms with Crippen LogP contribution in [0.25, 0.3) is 11.4 Å². The average Bonchev–Trinajstić information content (AvgIpc) is 2.85. The highest BCUT2D eigenvalue weighted by Gasteiger charge is 2.09. The summed E-state index contributed by atoms with van der Waals surface area (Å²) in [4.78, 5) is 4.37. The molecule has 2 aromatic rings. The van der Waals surface area contributed by atoms with Crippen molar-refractivity contribution in [1.82, 2.24) is 15.5 Å². The number of benzene rings is 1. The van der Waals surface area contributed by atoms with Crippen LogP contribution in [0.15, 0.2) is 28.8 Å². The number of nitrogens with one attached hydrogen (secondary N) is 1. The van der Waals surface area contributed by atoms with Crippen molar-refractivity contribution in [2.75, 3.05) is 13.7 Å². The van der Waals surface area contributed by atoms with Crippen LogP contribution in [-0.2, 0) is 11.3 Å². The van der Waals surface area contributed by atoms with E-state index in [1.807, 2.05) is 38.1 Å². The fraction of sp³-hybridized carbons (Fsp3) is 0.429. The first-order chi connectivity index (χ1) is 9.19. The summed E-state index contributed by atoms with van der Waals surface area (Å²) in [5.41, 5.74) is 2.15. The van der Waals surface area contributed by atoms with Gasteiger partial charge in [0.15, 0.2) is 0 Å². The Labute approximate surface area is 113 Å². The second-order valence-corrected chi connectivity index (χ2v) is 4.62. The minimum absolute atomic E-state index is 0.249. The zero-order valence-electron chi connectivity index (χ0n) is 11.5. The minimum Gasteiger partial charge on any atom is -0.383 e. The molecule has 0 spiro atoms. The Balaban J connectivity index is 1.99. The Morgan fingerprint density at radius 2 is 2.26 bits per heavy atom. The van der Waals surface area contributed by atoms with Gasteiger partial charge in [-0.15, -0.1) is 0 Å². The summed E-state index contributed by atoms with van der Waals surface area (Å²) in [6.45, 7) is 5.28. The van der Waals surface area contributed by atoms with E-state index in [4.69, 9.17) is 9.26 Å². The van der Waals surface area contributed by atoms with Gasteiger partial charge < -0.3 is 14.6 Å². The Morgan fingerprint density at radius 1 is 1.42 bits per heavy atom. The molecule has 0 amide bonds. The van der Waals surface area contributed by atoms with E-state index in [1.54, 1.807) is 7.11 Å². The number of hydrogen-bond acceptors (Lipinski definition) is 5. The lowest BCUT2D eigenvalue weighted by molar-refractivity contribution is 0.169. The van der Waals surface area contributed by atoms with Gasteiger partial charge >= 0.3 is 0 Å². The largest absolute Gasteiger partial charge is 0.383 e. The van der Waals surface area contributed by atoms with Crippen LogP contribution in [0, 0.1) is 6.92 Å². The molecule has 102 valence electrons. The predicted molar refractivity (Wildman–Crippen MR) is 72.6 cm³/mol. The van der Waals surface area contributed by atoms with Crippen LogP contribution in [0.3, 0.4) is 0 Å². The number of nitrogens with zero attached hydrogens (tertiary/aromatic N) is 2. The number of rotatable bonds is 6. The highest BCUT2D eigenvalue weighted by Crippen LogP contribution is 2.16. The molecule has 0 aliphatic heterocycles. The number of methoxy groups -OCH3 is 1. The summed E-state index contributed by atoms with van der Waals surface area (Å²) in [5, 5.41) is 7.25. The van der Waals surface area contributed by atoms with Crippen LogP contribution < -0.4 is 5.32 Å². The van der Waals surface area contributed by atoms with E-state index in [2.05, 4.69) is 15.5 Å². The molecule has 19 heavy (non-hydrogen) atoms. The first kappa shape index (κ1) is 13.7. The summed E-state index contributed by atoms with van der Waals surface area (Å²) >= 11 is 0. The predicted octanol–water partition coefficient (Wildman–Crippen LogP) is 2.17. The van der Waals surface area contributed by atoms with Gasteiger partial charge in [0.25, 0.3) is 0 Å². The summed E-state index contributed by atoms with van der Waals surface area (Å²) in [5.74, 6) is 1.21. The monoisotopic (exact) mass is 261 g/mol. The van der Waals surface area contributed by atoms with Gasteiger partial charge in [-0.3, -0.25) is 0 Å². The quantitative estimate of drug-likeness (QED) is 0.863. The van der Waals surface area contributed by atoms with Crippen LogP contribution in [0.5, 0.6) is 0 Å². The average molecular weight is 261 g/mol. The van der Waals surface area contributed by atoms with Crippen molar-refractivity contribution in [1.29, 1.82) is 0 Å². The molecule has 0 aliphatic rings. The lowest BCUT2D eigenvalue weighted by atomic mass is 10.1. The fourth-order valence-electron chi connectivity index (χ4n) is 1.80. The molecule has 0 bridgehead atoms. The molecule has 5 heteroatoms. The van der Waals surface area contributed by atoms with Crippen molar-refractivity contribution in [3.8, 4) is 11.4 Å². The molecule has 2 rings (SSSR count). The van der Waals surface area contributed by atoms with Crippen LogP contribution in [0.1, 0.15) is 18.4 Å². The Morgan fingerprint density at radius 3 is 3.00 bits per heavy atom. The maximum absolute atomic E-state index is 5.22. The van der Waals surface area contributed by atoms with Crippen LogP contribution in [-0.4, -0.2) is 29.9 Å². The maximum Gasteiger partial charge on any atom is 0.240 e. The molecular formula is C14H19N3O2. The number of aryl methyl sites for hydroxylation is 1. The van der Waals surface area contributed by atoms with Crippen molar-refractivity contribution < 1.29 is 9.26 Å².